The second-order valence-corrected chi connectivity index (χ2v) is 6.87. The average Bonchev–Trinajstić information content (AvgIpc) is 3.23. The van der Waals surface area contributed by atoms with Gasteiger partial charge in [0.05, 0.1) is 11.0 Å². The summed E-state index contributed by atoms with van der Waals surface area (Å²) in [6.07, 6.45) is 1.94. The number of nitrogens with one attached hydrogen (secondary N) is 2. The molecule has 7 heteroatoms. The average molecular weight is 358 g/mol. The summed E-state index contributed by atoms with van der Waals surface area (Å²) in [5.41, 5.74) is 1.78. The monoisotopic (exact) mass is 358 g/mol. The van der Waals surface area contributed by atoms with Crippen LogP contribution in [0, 0.1) is 0 Å². The van der Waals surface area contributed by atoms with Crippen LogP contribution in [-0.2, 0) is 27.3 Å². The highest BCUT2D eigenvalue weighted by atomic mass is 16.5. The van der Waals surface area contributed by atoms with E-state index in [4.69, 9.17) is 4.74 Å². The zero-order valence-corrected chi connectivity index (χ0v) is 15.3. The third-order valence-corrected chi connectivity index (χ3v) is 4.35. The van der Waals surface area contributed by atoms with E-state index in [1.807, 2.05) is 42.7 Å². The number of carbonyl (C=O) groups excluding carboxylic acids is 2. The predicted molar refractivity (Wildman–Crippen MR) is 98.7 cm³/mol. The summed E-state index contributed by atoms with van der Waals surface area (Å²) < 4.78 is 7.31. The zero-order valence-electron chi connectivity index (χ0n) is 15.3. The first kappa shape index (κ1) is 18.4. The molecule has 0 aliphatic carbocycles. The first-order valence-corrected chi connectivity index (χ1v) is 9.17. The van der Waals surface area contributed by atoms with Crippen molar-refractivity contribution in [1.29, 1.82) is 0 Å². The molecular formula is C19H26N4O3. The van der Waals surface area contributed by atoms with Crippen LogP contribution in [0.4, 0.5) is 0 Å². The number of aromatic nitrogens is 2. The Hall–Kier alpha value is -2.41. The molecule has 2 amide bonds. The maximum Gasteiger partial charge on any atom is 0.249 e. The third kappa shape index (κ3) is 4.40. The van der Waals surface area contributed by atoms with Crippen LogP contribution < -0.4 is 10.6 Å². The van der Waals surface area contributed by atoms with Crippen molar-refractivity contribution in [3.05, 3.63) is 30.1 Å². The van der Waals surface area contributed by atoms with Gasteiger partial charge in [-0.1, -0.05) is 12.1 Å². The van der Waals surface area contributed by atoms with Crippen molar-refractivity contribution in [2.24, 2.45) is 0 Å². The van der Waals surface area contributed by atoms with Gasteiger partial charge >= 0.3 is 0 Å². The van der Waals surface area contributed by atoms with E-state index in [0.29, 0.717) is 19.6 Å². The van der Waals surface area contributed by atoms with Crippen LogP contribution in [0.25, 0.3) is 11.0 Å². The SMILES string of the molecule is CC(C)NC(=O)Cn1c(CCNC(=O)C2CCCO2)nc2ccccc21. The second-order valence-electron chi connectivity index (χ2n) is 6.87. The molecule has 1 fully saturated rings. The molecule has 26 heavy (non-hydrogen) atoms. The number of nitrogens with zero attached hydrogens (tertiary/aromatic N) is 2. The maximum atomic E-state index is 12.2. The van der Waals surface area contributed by atoms with Crippen molar-refractivity contribution in [1.82, 2.24) is 20.2 Å². The molecule has 0 bridgehead atoms. The van der Waals surface area contributed by atoms with E-state index in [1.54, 1.807) is 0 Å². The van der Waals surface area contributed by atoms with Crippen LogP contribution in [0.5, 0.6) is 0 Å². The number of amides is 2. The molecule has 7 nitrogen and oxygen atoms in total. The van der Waals surface area contributed by atoms with Crippen LogP contribution in [0.2, 0.25) is 0 Å². The number of imidazole rings is 1. The van der Waals surface area contributed by atoms with Crippen molar-refractivity contribution >= 4 is 22.8 Å². The molecule has 1 saturated heterocycles. The zero-order chi connectivity index (χ0) is 18.5. The summed E-state index contributed by atoms with van der Waals surface area (Å²) in [6, 6.07) is 7.84. The number of rotatable bonds is 7. The molecule has 3 rings (SSSR count). The van der Waals surface area contributed by atoms with Crippen LogP contribution in [0.1, 0.15) is 32.5 Å². The van der Waals surface area contributed by atoms with E-state index in [0.717, 1.165) is 29.7 Å². The summed E-state index contributed by atoms with van der Waals surface area (Å²) in [4.78, 5) is 28.9. The molecule has 1 unspecified atom stereocenters. The molecule has 1 aliphatic rings. The van der Waals surface area contributed by atoms with Crippen LogP contribution in [-0.4, -0.2) is 46.7 Å². The topological polar surface area (TPSA) is 85.2 Å². The van der Waals surface area contributed by atoms with E-state index in [2.05, 4.69) is 15.6 Å². The molecule has 0 saturated carbocycles. The Bertz CT molecular complexity index is 778. The Morgan fingerprint density at radius 2 is 2.15 bits per heavy atom. The normalized spacial score (nSPS) is 17.0. The minimum Gasteiger partial charge on any atom is -0.368 e. The van der Waals surface area contributed by atoms with Gasteiger partial charge in [-0.3, -0.25) is 9.59 Å². The molecule has 2 heterocycles. The van der Waals surface area contributed by atoms with Gasteiger partial charge < -0.3 is 19.9 Å². The number of fused-ring (bicyclic) bond motifs is 1. The van der Waals surface area contributed by atoms with Crippen molar-refractivity contribution in [2.45, 2.75) is 51.8 Å². The summed E-state index contributed by atoms with van der Waals surface area (Å²) in [7, 11) is 0. The lowest BCUT2D eigenvalue weighted by atomic mass is 10.2. The molecule has 1 aromatic heterocycles. The number of benzene rings is 1. The van der Waals surface area contributed by atoms with Gasteiger partial charge in [0.1, 0.15) is 18.5 Å². The quantitative estimate of drug-likeness (QED) is 0.783. The van der Waals surface area contributed by atoms with Gasteiger partial charge in [0, 0.05) is 25.6 Å². The molecule has 1 atom stereocenters. The van der Waals surface area contributed by atoms with Crippen molar-refractivity contribution in [3.8, 4) is 0 Å². The van der Waals surface area contributed by atoms with Gasteiger partial charge in [0.2, 0.25) is 11.8 Å². The second kappa shape index (κ2) is 8.31. The summed E-state index contributed by atoms with van der Waals surface area (Å²) in [5, 5.41) is 5.82. The van der Waals surface area contributed by atoms with Gasteiger partial charge in [-0.15, -0.1) is 0 Å². The first-order chi connectivity index (χ1) is 12.5. The van der Waals surface area contributed by atoms with Gasteiger partial charge in [-0.25, -0.2) is 4.98 Å². The molecular weight excluding hydrogens is 332 g/mol. The Labute approximate surface area is 153 Å². The van der Waals surface area contributed by atoms with Gasteiger partial charge in [0.15, 0.2) is 0 Å². The number of para-hydroxylation sites is 2. The fraction of sp³-hybridized carbons (Fsp3) is 0.526. The van der Waals surface area contributed by atoms with Crippen LogP contribution in [0.15, 0.2) is 24.3 Å². The lowest BCUT2D eigenvalue weighted by Gasteiger charge is -2.13. The standard InChI is InChI=1S/C19H26N4O3/c1-13(2)21-18(24)12-23-15-7-4-3-6-14(15)22-17(23)9-10-20-19(25)16-8-5-11-26-16/h3-4,6-7,13,16H,5,8-12H2,1-2H3,(H,20,25)(H,21,24). The number of hydrogen-bond acceptors (Lipinski definition) is 4. The Morgan fingerprint density at radius 3 is 2.88 bits per heavy atom. The third-order valence-electron chi connectivity index (χ3n) is 4.35. The van der Waals surface area contributed by atoms with E-state index in [9.17, 15) is 9.59 Å². The molecule has 2 aromatic rings. The highest BCUT2D eigenvalue weighted by Crippen LogP contribution is 2.16. The smallest absolute Gasteiger partial charge is 0.249 e. The van der Waals surface area contributed by atoms with Gasteiger partial charge in [-0.05, 0) is 38.8 Å². The van der Waals surface area contributed by atoms with Crippen LogP contribution in [0.3, 0.4) is 0 Å². The van der Waals surface area contributed by atoms with E-state index in [-0.39, 0.29) is 30.5 Å². The highest BCUT2D eigenvalue weighted by molar-refractivity contribution is 5.82. The minimum absolute atomic E-state index is 0.0483. The fourth-order valence-corrected chi connectivity index (χ4v) is 3.20. The summed E-state index contributed by atoms with van der Waals surface area (Å²) in [6.45, 7) is 5.21. The molecule has 0 spiro atoms. The lowest BCUT2D eigenvalue weighted by Crippen LogP contribution is -2.36. The minimum atomic E-state index is -0.328. The van der Waals surface area contributed by atoms with Crippen LogP contribution >= 0.6 is 0 Å². The summed E-state index contributed by atoms with van der Waals surface area (Å²) >= 11 is 0. The predicted octanol–water partition coefficient (Wildman–Crippen LogP) is 1.40. The number of ether oxygens (including phenoxy) is 1. The first-order valence-electron chi connectivity index (χ1n) is 9.17. The maximum absolute atomic E-state index is 12.2. The molecule has 1 aliphatic heterocycles. The van der Waals surface area contributed by atoms with Crippen molar-refractivity contribution < 1.29 is 14.3 Å². The Kier molecular flexibility index (Phi) is 5.88. The fourth-order valence-electron chi connectivity index (χ4n) is 3.20. The molecule has 2 N–H and O–H groups in total. The van der Waals surface area contributed by atoms with Crippen molar-refractivity contribution in [3.63, 3.8) is 0 Å². The Balaban J connectivity index is 1.69. The lowest BCUT2D eigenvalue weighted by molar-refractivity contribution is -0.130. The van der Waals surface area contributed by atoms with E-state index in [1.165, 1.54) is 0 Å². The largest absolute Gasteiger partial charge is 0.368 e. The van der Waals surface area contributed by atoms with E-state index >= 15 is 0 Å². The van der Waals surface area contributed by atoms with E-state index < -0.39 is 0 Å². The molecule has 1 aromatic carbocycles. The number of hydrogen-bond donors (Lipinski definition) is 2. The highest BCUT2D eigenvalue weighted by Gasteiger charge is 2.23. The number of carbonyl (C=O) groups is 2. The molecule has 140 valence electrons. The summed E-state index contributed by atoms with van der Waals surface area (Å²) in [5.74, 6) is 0.674. The Morgan fingerprint density at radius 1 is 1.35 bits per heavy atom. The van der Waals surface area contributed by atoms with Gasteiger partial charge in [0.25, 0.3) is 0 Å². The van der Waals surface area contributed by atoms with Crippen molar-refractivity contribution in [2.75, 3.05) is 13.2 Å². The molecule has 0 radical (unpaired) electrons. The van der Waals surface area contributed by atoms with Gasteiger partial charge in [-0.2, -0.15) is 0 Å².